The molecule has 0 aliphatic carbocycles. The number of aryl methyl sites for hydroxylation is 2. The average Bonchev–Trinajstić information content (AvgIpc) is 3.15. The quantitative estimate of drug-likeness (QED) is 0.235. The molecule has 4 aromatic rings. The van der Waals surface area contributed by atoms with Crippen LogP contribution in [0.25, 0.3) is 21.5 Å². The van der Waals surface area contributed by atoms with Crippen LogP contribution in [0.3, 0.4) is 0 Å². The Morgan fingerprint density at radius 1 is 0.697 bits per heavy atom. The molecule has 0 heterocycles. The molecule has 4 rings (SSSR count). The van der Waals surface area contributed by atoms with E-state index in [2.05, 4.69) is 96.6 Å². The molecule has 0 bridgehead atoms. The van der Waals surface area contributed by atoms with Gasteiger partial charge in [-0.1, -0.05) is 59.2 Å². The molecule has 0 unspecified atom stereocenters. The van der Waals surface area contributed by atoms with Gasteiger partial charge in [0.05, 0.1) is 0 Å². The zero-order valence-corrected chi connectivity index (χ0v) is 25.9. The SMILES string of the molecule is Cc1[cH-]c2ccc(CC(C)C)cc2c1[Si](C)c1c(C)[cH-]c2ccc(CC(C)C)cc12.[Cl-].[Cl-].[Zr+4]. The summed E-state index contributed by atoms with van der Waals surface area (Å²) >= 11 is 0. The van der Waals surface area contributed by atoms with Crippen LogP contribution in [0.15, 0.2) is 48.5 Å². The summed E-state index contributed by atoms with van der Waals surface area (Å²) in [6.07, 6.45) is 2.31. The fourth-order valence-corrected chi connectivity index (χ4v) is 8.06. The number of fused-ring (bicyclic) bond motifs is 2. The van der Waals surface area contributed by atoms with Gasteiger partial charge in [0, 0.05) is 0 Å². The maximum atomic E-state index is 2.51. The summed E-state index contributed by atoms with van der Waals surface area (Å²) in [7, 11) is -0.858. The van der Waals surface area contributed by atoms with E-state index in [0.29, 0.717) is 11.8 Å². The smallest absolute Gasteiger partial charge is 1.00 e. The van der Waals surface area contributed by atoms with Crippen molar-refractivity contribution in [3.63, 3.8) is 0 Å². The van der Waals surface area contributed by atoms with Crippen LogP contribution in [0, 0.1) is 25.7 Å². The van der Waals surface area contributed by atoms with E-state index in [0.717, 1.165) is 12.8 Å². The monoisotopic (exact) mass is 571 g/mol. The predicted octanol–water partition coefficient (Wildman–Crippen LogP) is 0.689. The Balaban J connectivity index is 0.00000181. The Morgan fingerprint density at radius 2 is 1.06 bits per heavy atom. The Morgan fingerprint density at radius 3 is 1.39 bits per heavy atom. The van der Waals surface area contributed by atoms with Gasteiger partial charge in [0.1, 0.15) is 0 Å². The molecule has 0 aliphatic rings. The van der Waals surface area contributed by atoms with Gasteiger partial charge in [0.15, 0.2) is 0 Å². The zero-order chi connectivity index (χ0) is 21.6. The summed E-state index contributed by atoms with van der Waals surface area (Å²) in [4.78, 5) is 0. The van der Waals surface area contributed by atoms with Gasteiger partial charge in [-0.15, -0.1) is 81.2 Å². The minimum absolute atomic E-state index is 0. The molecule has 4 heteroatoms. The summed E-state index contributed by atoms with van der Waals surface area (Å²) in [6.45, 7) is 16.4. The molecule has 0 spiro atoms. The van der Waals surface area contributed by atoms with Gasteiger partial charge in [0.2, 0.25) is 0 Å². The fraction of sp³-hybridized carbons (Fsp3) is 0.379. The second-order valence-corrected chi connectivity index (χ2v) is 12.3. The molecule has 0 saturated heterocycles. The second kappa shape index (κ2) is 12.3. The molecular weight excluding hydrogens is 539 g/mol. The van der Waals surface area contributed by atoms with Crippen LogP contribution in [-0.4, -0.2) is 8.80 Å². The molecule has 0 amide bonds. The first-order chi connectivity index (χ1) is 14.2. The molecule has 0 aliphatic heterocycles. The van der Waals surface area contributed by atoms with E-state index >= 15 is 0 Å². The number of benzene rings is 2. The van der Waals surface area contributed by atoms with E-state index in [1.54, 1.807) is 10.4 Å². The van der Waals surface area contributed by atoms with Gasteiger partial charge >= 0.3 is 26.2 Å². The van der Waals surface area contributed by atoms with Crippen molar-refractivity contribution in [3.8, 4) is 0 Å². The van der Waals surface area contributed by atoms with Crippen molar-refractivity contribution in [1.29, 1.82) is 0 Å². The van der Waals surface area contributed by atoms with E-state index in [9.17, 15) is 0 Å². The Bertz CT molecular complexity index is 1110. The summed E-state index contributed by atoms with van der Waals surface area (Å²) in [5.74, 6) is 1.38. The minimum atomic E-state index is -0.858. The molecule has 173 valence electrons. The van der Waals surface area contributed by atoms with E-state index in [4.69, 9.17) is 0 Å². The van der Waals surface area contributed by atoms with Crippen molar-refractivity contribution in [1.82, 2.24) is 0 Å². The van der Waals surface area contributed by atoms with Crippen molar-refractivity contribution in [2.75, 3.05) is 0 Å². The van der Waals surface area contributed by atoms with Crippen molar-refractivity contribution < 1.29 is 51.0 Å². The van der Waals surface area contributed by atoms with Gasteiger partial charge in [-0.05, 0) is 33.5 Å². The maximum absolute atomic E-state index is 2.51. The normalized spacial score (nSPS) is 11.2. The number of halogens is 2. The average molecular weight is 574 g/mol. The maximum Gasteiger partial charge on any atom is 4.00 e. The van der Waals surface area contributed by atoms with Gasteiger partial charge in [0.25, 0.3) is 0 Å². The van der Waals surface area contributed by atoms with E-state index < -0.39 is 8.80 Å². The molecule has 0 saturated carbocycles. The van der Waals surface area contributed by atoms with Crippen LogP contribution >= 0.6 is 0 Å². The molecule has 0 fully saturated rings. The minimum Gasteiger partial charge on any atom is -1.00 e. The third-order valence-electron chi connectivity index (χ3n) is 6.34. The Hall–Kier alpha value is -0.660. The molecule has 0 atom stereocenters. The summed E-state index contributed by atoms with van der Waals surface area (Å²) < 4.78 is 0. The van der Waals surface area contributed by atoms with Gasteiger partial charge in [-0.25, -0.2) is 0 Å². The van der Waals surface area contributed by atoms with E-state index in [1.807, 2.05) is 0 Å². The van der Waals surface area contributed by atoms with Crippen LogP contribution in [0.1, 0.15) is 49.9 Å². The molecule has 33 heavy (non-hydrogen) atoms. The third kappa shape index (κ3) is 6.32. The van der Waals surface area contributed by atoms with Crippen molar-refractivity contribution >= 4 is 40.7 Å². The van der Waals surface area contributed by atoms with Gasteiger partial charge in [-0.2, -0.15) is 10.4 Å². The van der Waals surface area contributed by atoms with Crippen LogP contribution < -0.4 is 35.2 Å². The van der Waals surface area contributed by atoms with E-state index in [-0.39, 0.29) is 51.0 Å². The van der Waals surface area contributed by atoms with Crippen LogP contribution in [0.4, 0.5) is 0 Å². The second-order valence-electron chi connectivity index (χ2n) is 10.1. The first-order valence-electron chi connectivity index (χ1n) is 11.5. The topological polar surface area (TPSA) is 0 Å². The molecular formula is C29H35Cl2SiZr. The van der Waals surface area contributed by atoms with Crippen molar-refractivity contribution in [2.45, 2.75) is 60.9 Å². The van der Waals surface area contributed by atoms with Crippen LogP contribution in [0.2, 0.25) is 6.55 Å². The summed E-state index contributed by atoms with van der Waals surface area (Å²) in [5.41, 5.74) is 5.88. The first kappa shape index (κ1) is 30.4. The first-order valence-corrected chi connectivity index (χ1v) is 13.5. The molecule has 0 nitrogen and oxygen atoms in total. The van der Waals surface area contributed by atoms with Gasteiger partial charge in [-0.3, -0.25) is 0 Å². The molecule has 0 N–H and O–H groups in total. The molecule has 4 aromatic carbocycles. The zero-order valence-electron chi connectivity index (χ0n) is 20.9. The van der Waals surface area contributed by atoms with Gasteiger partial charge < -0.3 is 24.8 Å². The summed E-state index contributed by atoms with van der Waals surface area (Å²) in [5, 5.41) is 9.04. The molecule has 1 radical (unpaired) electrons. The summed E-state index contributed by atoms with van der Waals surface area (Å²) in [6, 6.07) is 19.1. The Labute approximate surface area is 233 Å². The third-order valence-corrected chi connectivity index (χ3v) is 9.17. The van der Waals surface area contributed by atoms with Crippen LogP contribution in [0.5, 0.6) is 0 Å². The van der Waals surface area contributed by atoms with Crippen molar-refractivity contribution in [3.05, 3.63) is 70.8 Å². The fourth-order valence-electron chi connectivity index (χ4n) is 5.24. The number of rotatable bonds is 6. The number of hydrogen-bond acceptors (Lipinski definition) is 0. The number of hydrogen-bond donors (Lipinski definition) is 0. The Kier molecular flexibility index (Phi) is 11.4. The van der Waals surface area contributed by atoms with E-state index in [1.165, 1.54) is 43.8 Å². The predicted molar refractivity (Wildman–Crippen MR) is 137 cm³/mol. The van der Waals surface area contributed by atoms with Crippen molar-refractivity contribution in [2.24, 2.45) is 11.8 Å². The standard InChI is InChI=1S/C29H35Si.2ClH.Zr/c1-18(2)12-22-8-10-24-14-20(5)28(26(24)16-22)30(7)29-21(6)15-25-11-9-23(13-19(3)4)17-27(25)29;;;/h8-11,14-19H,12-13H2,1-7H3;2*1H;/q-2;;;+4/p-2. The molecule has 0 aromatic heterocycles. The van der Waals surface area contributed by atoms with Crippen LogP contribution in [-0.2, 0) is 39.0 Å². The largest absolute Gasteiger partial charge is 4.00 e.